The lowest BCUT2D eigenvalue weighted by Gasteiger charge is -2.20. The fourth-order valence-electron chi connectivity index (χ4n) is 2.00. The normalized spacial score (nSPS) is 20.1. The lowest BCUT2D eigenvalue weighted by atomic mass is 10.1. The zero-order valence-electron chi connectivity index (χ0n) is 10.8. The Bertz CT molecular complexity index is 629. The Morgan fingerprint density at radius 2 is 2.35 bits per heavy atom. The molecule has 5 heteroatoms. The molecule has 100 valence electrons. The van der Waals surface area contributed by atoms with Gasteiger partial charge in [-0.2, -0.15) is 0 Å². The van der Waals surface area contributed by atoms with Gasteiger partial charge in [0.1, 0.15) is 6.17 Å². The molecule has 2 aliphatic rings. The van der Waals surface area contributed by atoms with Crippen molar-refractivity contribution in [2.24, 2.45) is 4.99 Å². The molecule has 20 heavy (non-hydrogen) atoms. The fraction of sp³-hybridized carbons (Fsp3) is 0.133. The average molecular weight is 266 g/mol. The number of allylic oxidation sites excluding steroid dienone is 2. The van der Waals surface area contributed by atoms with Gasteiger partial charge in [-0.15, -0.1) is 0 Å². The summed E-state index contributed by atoms with van der Waals surface area (Å²) in [7, 11) is 0. The molecule has 0 spiro atoms. The number of amides is 1. The summed E-state index contributed by atoms with van der Waals surface area (Å²) in [6, 6.07) is 5.76. The van der Waals surface area contributed by atoms with E-state index in [1.54, 1.807) is 18.6 Å². The van der Waals surface area contributed by atoms with Gasteiger partial charge >= 0.3 is 0 Å². The number of nitrogens with zero attached hydrogens (tertiary/aromatic N) is 2. The van der Waals surface area contributed by atoms with E-state index < -0.39 is 0 Å². The molecule has 0 aromatic carbocycles. The van der Waals surface area contributed by atoms with Crippen molar-refractivity contribution in [1.82, 2.24) is 15.6 Å². The third-order valence-electron chi connectivity index (χ3n) is 3.07. The van der Waals surface area contributed by atoms with Gasteiger partial charge in [-0.1, -0.05) is 12.1 Å². The number of hydrogen-bond acceptors (Lipinski definition) is 4. The van der Waals surface area contributed by atoms with Crippen molar-refractivity contribution in [2.45, 2.75) is 12.6 Å². The highest BCUT2D eigenvalue weighted by Crippen LogP contribution is 2.15. The highest BCUT2D eigenvalue weighted by molar-refractivity contribution is 5.98. The van der Waals surface area contributed by atoms with Crippen molar-refractivity contribution >= 4 is 17.7 Å². The van der Waals surface area contributed by atoms with E-state index in [1.165, 1.54) is 0 Å². The first-order valence-corrected chi connectivity index (χ1v) is 6.40. The number of hydrogen-bond donors (Lipinski definition) is 2. The number of aliphatic imine (C=N–C) groups is 1. The van der Waals surface area contributed by atoms with Crippen LogP contribution in [-0.2, 0) is 4.79 Å². The number of nitrogens with one attached hydrogen (secondary N) is 2. The van der Waals surface area contributed by atoms with Gasteiger partial charge in [0, 0.05) is 42.4 Å². The Balaban J connectivity index is 1.60. The topological polar surface area (TPSA) is 66.4 Å². The summed E-state index contributed by atoms with van der Waals surface area (Å²) in [6.07, 6.45) is 11.2. The lowest BCUT2D eigenvalue weighted by molar-refractivity contribution is -0.118. The monoisotopic (exact) mass is 266 g/mol. The summed E-state index contributed by atoms with van der Waals surface area (Å²) in [4.78, 5) is 20.1. The summed E-state index contributed by atoms with van der Waals surface area (Å²) in [5.74, 6) is -0.0978. The van der Waals surface area contributed by atoms with Crippen LogP contribution in [0.15, 0.2) is 59.5 Å². The van der Waals surface area contributed by atoms with Gasteiger partial charge in [0.15, 0.2) is 0 Å². The third-order valence-corrected chi connectivity index (χ3v) is 3.07. The largest absolute Gasteiger partial charge is 0.367 e. The molecule has 0 saturated heterocycles. The molecule has 0 radical (unpaired) electrons. The van der Waals surface area contributed by atoms with Crippen molar-refractivity contribution in [3.63, 3.8) is 0 Å². The molecule has 1 atom stereocenters. The maximum atomic E-state index is 11.9. The van der Waals surface area contributed by atoms with Crippen LogP contribution in [0.4, 0.5) is 0 Å². The zero-order chi connectivity index (χ0) is 13.8. The predicted octanol–water partition coefficient (Wildman–Crippen LogP) is 1.38. The molecule has 0 bridgehead atoms. The molecule has 3 rings (SSSR count). The lowest BCUT2D eigenvalue weighted by Crippen LogP contribution is -2.43. The van der Waals surface area contributed by atoms with Gasteiger partial charge in [0.05, 0.1) is 5.69 Å². The van der Waals surface area contributed by atoms with Crippen LogP contribution in [0.25, 0.3) is 5.57 Å². The molecule has 2 N–H and O–H groups in total. The van der Waals surface area contributed by atoms with Gasteiger partial charge < -0.3 is 10.6 Å². The second-order valence-electron chi connectivity index (χ2n) is 4.48. The van der Waals surface area contributed by atoms with Crippen molar-refractivity contribution in [3.05, 3.63) is 60.2 Å². The SMILES string of the molecule is O=C(NC1C=CC(c2ccccn2)=CN1)C1=CN=CC1. The summed E-state index contributed by atoms with van der Waals surface area (Å²) in [5.41, 5.74) is 2.56. The number of carbonyl (C=O) groups is 1. The number of rotatable bonds is 3. The second kappa shape index (κ2) is 5.52. The highest BCUT2D eigenvalue weighted by atomic mass is 16.1. The van der Waals surface area contributed by atoms with Crippen molar-refractivity contribution in [1.29, 1.82) is 0 Å². The van der Waals surface area contributed by atoms with Crippen LogP contribution in [0.2, 0.25) is 0 Å². The van der Waals surface area contributed by atoms with Crippen LogP contribution in [-0.4, -0.2) is 23.3 Å². The highest BCUT2D eigenvalue weighted by Gasteiger charge is 2.16. The van der Waals surface area contributed by atoms with Gasteiger partial charge in [-0.05, 0) is 18.2 Å². The van der Waals surface area contributed by atoms with Crippen molar-refractivity contribution in [2.75, 3.05) is 0 Å². The van der Waals surface area contributed by atoms with Crippen LogP contribution in [0, 0.1) is 0 Å². The van der Waals surface area contributed by atoms with E-state index in [4.69, 9.17) is 0 Å². The molecule has 3 heterocycles. The minimum absolute atomic E-state index is 0.0978. The minimum atomic E-state index is -0.212. The predicted molar refractivity (Wildman–Crippen MR) is 77.6 cm³/mol. The maximum Gasteiger partial charge on any atom is 0.250 e. The molecule has 2 aliphatic heterocycles. The van der Waals surface area contributed by atoms with E-state index in [-0.39, 0.29) is 12.1 Å². The molecule has 1 aromatic rings. The second-order valence-corrected chi connectivity index (χ2v) is 4.48. The molecule has 5 nitrogen and oxygen atoms in total. The first-order chi connectivity index (χ1) is 9.83. The molecule has 1 amide bonds. The van der Waals surface area contributed by atoms with E-state index in [0.29, 0.717) is 12.0 Å². The van der Waals surface area contributed by atoms with Crippen LogP contribution in [0.3, 0.4) is 0 Å². The Labute approximate surface area is 116 Å². The molecule has 1 unspecified atom stereocenters. The van der Waals surface area contributed by atoms with Crippen molar-refractivity contribution < 1.29 is 4.79 Å². The first-order valence-electron chi connectivity index (χ1n) is 6.40. The molecule has 1 aromatic heterocycles. The summed E-state index contributed by atoms with van der Waals surface area (Å²) < 4.78 is 0. The van der Waals surface area contributed by atoms with Crippen LogP contribution < -0.4 is 10.6 Å². The van der Waals surface area contributed by atoms with E-state index >= 15 is 0 Å². The smallest absolute Gasteiger partial charge is 0.250 e. The number of pyridine rings is 1. The quantitative estimate of drug-likeness (QED) is 0.868. The molecular weight excluding hydrogens is 252 g/mol. The molecule has 0 aliphatic carbocycles. The number of carbonyl (C=O) groups excluding carboxylic acids is 1. The van der Waals surface area contributed by atoms with Gasteiger partial charge in [-0.25, -0.2) is 0 Å². The Morgan fingerprint density at radius 3 is 3.00 bits per heavy atom. The minimum Gasteiger partial charge on any atom is -0.367 e. The van der Waals surface area contributed by atoms with Gasteiger partial charge in [0.25, 0.3) is 5.91 Å². The molecule has 0 fully saturated rings. The molecule has 0 saturated carbocycles. The van der Waals surface area contributed by atoms with E-state index in [0.717, 1.165) is 11.3 Å². The van der Waals surface area contributed by atoms with Crippen LogP contribution in [0.1, 0.15) is 12.1 Å². The van der Waals surface area contributed by atoms with E-state index in [1.807, 2.05) is 36.6 Å². The maximum absolute atomic E-state index is 11.9. The molecular formula is C15H14N4O. The number of aromatic nitrogens is 1. The zero-order valence-corrected chi connectivity index (χ0v) is 10.8. The third kappa shape index (κ3) is 2.66. The average Bonchev–Trinajstić information content (AvgIpc) is 3.03. The van der Waals surface area contributed by atoms with Crippen molar-refractivity contribution in [3.8, 4) is 0 Å². The standard InChI is InChI=1S/C15H14N4O/c20-15(12-6-8-16-9-12)19-14-5-4-11(10-18-14)13-3-1-2-7-17-13/h1-5,7-10,14,18H,6H2,(H,19,20). The van der Waals surface area contributed by atoms with E-state index in [2.05, 4.69) is 20.6 Å². The first kappa shape index (κ1) is 12.3. The summed E-state index contributed by atoms with van der Waals surface area (Å²) in [6.45, 7) is 0. The Morgan fingerprint density at radius 1 is 1.40 bits per heavy atom. The fourth-order valence-corrected chi connectivity index (χ4v) is 2.00. The van der Waals surface area contributed by atoms with Crippen LogP contribution in [0.5, 0.6) is 0 Å². The number of dihydropyridines is 1. The van der Waals surface area contributed by atoms with Crippen LogP contribution >= 0.6 is 0 Å². The van der Waals surface area contributed by atoms with Gasteiger partial charge in [0.2, 0.25) is 0 Å². The Hall–Kier alpha value is -2.69. The van der Waals surface area contributed by atoms with E-state index in [9.17, 15) is 4.79 Å². The Kier molecular flexibility index (Phi) is 3.41. The summed E-state index contributed by atoms with van der Waals surface area (Å²) in [5, 5.41) is 6.02. The van der Waals surface area contributed by atoms with Gasteiger partial charge in [-0.3, -0.25) is 14.8 Å². The summed E-state index contributed by atoms with van der Waals surface area (Å²) >= 11 is 0.